The van der Waals surface area contributed by atoms with E-state index in [9.17, 15) is 5.11 Å². The monoisotopic (exact) mass is 376 g/mol. The molecule has 0 aromatic heterocycles. The first kappa shape index (κ1) is 16.2. The number of para-hydroxylation sites is 1. The topological polar surface area (TPSA) is 40.5 Å². The first-order valence-electron chi connectivity index (χ1n) is 5.44. The zero-order valence-electron chi connectivity index (χ0n) is 10.0. The molecule has 0 saturated carbocycles. The van der Waals surface area contributed by atoms with Gasteiger partial charge in [0.1, 0.15) is 11.5 Å². The predicted molar refractivity (Wildman–Crippen MR) is 99.0 cm³/mol. The highest BCUT2D eigenvalue weighted by atomic mass is 33.7. The second-order valence-corrected chi connectivity index (χ2v) is 19.5. The van der Waals surface area contributed by atoms with Gasteiger partial charge in [-0.1, -0.05) is 30.3 Å². The fourth-order valence-electron chi connectivity index (χ4n) is 1.47. The van der Waals surface area contributed by atoms with Crippen molar-refractivity contribution >= 4 is 55.8 Å². The maximum atomic E-state index is 9.57. The normalized spacial score (nSPS) is 16.8. The van der Waals surface area contributed by atoms with Crippen LogP contribution in [-0.4, -0.2) is 10.2 Å². The molecule has 0 unspecified atom stereocenters. The summed E-state index contributed by atoms with van der Waals surface area (Å²) in [7, 11) is 0. The Labute approximate surface area is 136 Å². The Bertz CT molecular complexity index is 624. The predicted octanol–water partition coefficient (Wildman–Crippen LogP) is 5.78. The Morgan fingerprint density at radius 3 is 1.80 bits per heavy atom. The van der Waals surface area contributed by atoms with Crippen LogP contribution >= 0.6 is 32.2 Å². The number of hydrogen-bond donors (Lipinski definition) is 2. The van der Waals surface area contributed by atoms with Crippen molar-refractivity contribution in [2.24, 2.45) is 0 Å². The third-order valence-corrected chi connectivity index (χ3v) is 23.7. The molecule has 0 amide bonds. The zero-order valence-corrected chi connectivity index (χ0v) is 15.1. The van der Waals surface area contributed by atoms with Gasteiger partial charge in [0.15, 0.2) is 23.6 Å². The average molecular weight is 376 g/mol. The molecule has 102 valence electrons. The highest BCUT2D eigenvalue weighted by molar-refractivity contribution is 9.39. The van der Waals surface area contributed by atoms with E-state index in [-0.39, 0.29) is 21.7 Å². The minimum atomic E-state index is -0.116. The molecule has 0 bridgehead atoms. The van der Waals surface area contributed by atoms with Gasteiger partial charge >= 0.3 is 32.2 Å². The molecule has 1 heterocycles. The Morgan fingerprint density at radius 1 is 0.800 bits per heavy atom. The molecular formula is C12H10O2P2S4+2. The summed E-state index contributed by atoms with van der Waals surface area (Å²) in [6, 6.07) is 13.9. The number of phenols is 2. The third-order valence-electron chi connectivity index (χ3n) is 2.35. The summed E-state index contributed by atoms with van der Waals surface area (Å²) in [5, 5.41) is 18.4. The van der Waals surface area contributed by atoms with Crippen LogP contribution < -0.4 is 0 Å². The number of phenolic OH excluding ortho intramolecular Hbond substituents is 2. The standard InChI is InChI=1S/C12H10O2.P2S4/c13-10-7-5-9(6-8-10)11-3-1-2-4-12(11)14;3-1-5-2(4)6-1/h1-8,13-14H;/q;+2. The van der Waals surface area contributed by atoms with Crippen LogP contribution in [0.3, 0.4) is 0 Å². The molecule has 2 aromatic rings. The fraction of sp³-hybridized carbons (Fsp3) is 0. The van der Waals surface area contributed by atoms with Crippen LogP contribution in [0.5, 0.6) is 11.5 Å². The Hall–Kier alpha value is -0.220. The highest BCUT2D eigenvalue weighted by Gasteiger charge is 2.52. The molecule has 2 aromatic carbocycles. The number of hydrogen-bond acceptors (Lipinski definition) is 6. The van der Waals surface area contributed by atoms with Gasteiger partial charge in [0.2, 0.25) is 0 Å². The smallest absolute Gasteiger partial charge is 0.423 e. The van der Waals surface area contributed by atoms with E-state index in [1.165, 1.54) is 0 Å². The number of rotatable bonds is 1. The van der Waals surface area contributed by atoms with Gasteiger partial charge in [0.05, 0.1) is 0 Å². The lowest BCUT2D eigenvalue weighted by atomic mass is 10.0. The molecule has 1 aliphatic heterocycles. The van der Waals surface area contributed by atoms with Crippen LogP contribution in [-0.2, 0) is 23.6 Å². The molecule has 1 saturated heterocycles. The number of benzene rings is 2. The maximum Gasteiger partial charge on any atom is 0.423 e. The van der Waals surface area contributed by atoms with Crippen molar-refractivity contribution in [2.45, 2.75) is 0 Å². The first-order valence-corrected chi connectivity index (χ1v) is 14.2. The van der Waals surface area contributed by atoms with Gasteiger partial charge < -0.3 is 10.2 Å². The Morgan fingerprint density at radius 2 is 1.35 bits per heavy atom. The van der Waals surface area contributed by atoms with Crippen LogP contribution in [0.1, 0.15) is 0 Å². The molecule has 2 nitrogen and oxygen atoms in total. The quantitative estimate of drug-likeness (QED) is 0.615. The van der Waals surface area contributed by atoms with Crippen molar-refractivity contribution in [3.8, 4) is 22.6 Å². The average Bonchev–Trinajstić information content (AvgIpc) is 2.40. The first-order chi connectivity index (χ1) is 9.56. The van der Waals surface area contributed by atoms with Crippen LogP contribution in [0.4, 0.5) is 0 Å². The van der Waals surface area contributed by atoms with Crippen LogP contribution in [0, 0.1) is 0 Å². The van der Waals surface area contributed by atoms with Crippen molar-refractivity contribution in [3.63, 3.8) is 0 Å². The molecule has 0 spiro atoms. The van der Waals surface area contributed by atoms with Crippen LogP contribution in [0.2, 0.25) is 0 Å². The Kier molecular flexibility index (Phi) is 6.21. The van der Waals surface area contributed by atoms with Crippen LogP contribution in [0.15, 0.2) is 48.5 Å². The van der Waals surface area contributed by atoms with Gasteiger partial charge in [-0.2, -0.15) is 0 Å². The molecule has 0 radical (unpaired) electrons. The van der Waals surface area contributed by atoms with Crippen molar-refractivity contribution in [3.05, 3.63) is 48.5 Å². The van der Waals surface area contributed by atoms with E-state index in [0.717, 1.165) is 11.1 Å². The van der Waals surface area contributed by atoms with Gasteiger partial charge in [0.25, 0.3) is 0 Å². The van der Waals surface area contributed by atoms with Gasteiger partial charge in [-0.3, -0.25) is 0 Å². The fourth-order valence-corrected chi connectivity index (χ4v) is 23.9. The van der Waals surface area contributed by atoms with E-state index in [1.54, 1.807) is 58.4 Å². The summed E-state index contributed by atoms with van der Waals surface area (Å²) in [6.07, 6.45) is 0. The molecule has 20 heavy (non-hydrogen) atoms. The van der Waals surface area contributed by atoms with E-state index < -0.39 is 0 Å². The van der Waals surface area contributed by atoms with E-state index in [0.29, 0.717) is 0 Å². The van der Waals surface area contributed by atoms with Gasteiger partial charge in [0, 0.05) is 5.56 Å². The van der Waals surface area contributed by atoms with Crippen LogP contribution in [0.25, 0.3) is 11.1 Å². The summed E-state index contributed by atoms with van der Waals surface area (Å²) >= 11 is 13.4. The summed E-state index contributed by atoms with van der Waals surface area (Å²) in [5.41, 5.74) is 1.66. The minimum Gasteiger partial charge on any atom is -0.508 e. The Balaban J connectivity index is 0.000000205. The molecule has 1 aliphatic rings. The molecule has 2 N–H and O–H groups in total. The molecule has 8 heteroatoms. The SMILES string of the molecule is Oc1ccc(-c2ccccc2O)cc1.S=[P+]1S[P+](=S)S1. The third kappa shape index (κ3) is 4.66. The van der Waals surface area contributed by atoms with Gasteiger partial charge in [-0.05, 0) is 23.8 Å². The summed E-state index contributed by atoms with van der Waals surface area (Å²) < 4.78 is 0. The van der Waals surface area contributed by atoms with Crippen molar-refractivity contribution < 1.29 is 10.2 Å². The molecular weight excluding hydrogens is 366 g/mol. The zero-order chi connectivity index (χ0) is 14.5. The molecule has 0 atom stereocenters. The number of aromatic hydroxyl groups is 2. The second-order valence-electron chi connectivity index (χ2n) is 3.67. The van der Waals surface area contributed by atoms with E-state index >= 15 is 0 Å². The van der Waals surface area contributed by atoms with Gasteiger partial charge in [-0.25, -0.2) is 0 Å². The van der Waals surface area contributed by atoms with Crippen molar-refractivity contribution in [2.75, 3.05) is 0 Å². The van der Waals surface area contributed by atoms with E-state index in [2.05, 4.69) is 0 Å². The van der Waals surface area contributed by atoms with E-state index in [1.807, 2.05) is 12.1 Å². The van der Waals surface area contributed by atoms with Crippen molar-refractivity contribution in [1.29, 1.82) is 0 Å². The minimum absolute atomic E-state index is 0.116. The van der Waals surface area contributed by atoms with E-state index in [4.69, 9.17) is 28.7 Å². The summed E-state index contributed by atoms with van der Waals surface area (Å²) in [4.78, 5) is 0. The second kappa shape index (κ2) is 7.69. The molecule has 1 fully saturated rings. The lowest BCUT2D eigenvalue weighted by Crippen LogP contribution is -1.77. The highest BCUT2D eigenvalue weighted by Crippen LogP contribution is 2.85. The summed E-state index contributed by atoms with van der Waals surface area (Å²) in [6.45, 7) is 0. The lowest BCUT2D eigenvalue weighted by Gasteiger charge is -2.03. The maximum absolute atomic E-state index is 9.57. The van der Waals surface area contributed by atoms with Crippen molar-refractivity contribution in [1.82, 2.24) is 0 Å². The molecule has 0 aliphatic carbocycles. The molecule has 3 rings (SSSR count). The summed E-state index contributed by atoms with van der Waals surface area (Å²) in [5.74, 6) is 0.474. The lowest BCUT2D eigenvalue weighted by molar-refractivity contribution is 0.474. The van der Waals surface area contributed by atoms with Gasteiger partial charge in [-0.15, -0.1) is 0 Å². The largest absolute Gasteiger partial charge is 0.508 e.